The molecule has 0 saturated heterocycles. The summed E-state index contributed by atoms with van der Waals surface area (Å²) >= 11 is 11.4. The number of carbonyl (C=O) groups excluding carboxylic acids is 2. The third-order valence-corrected chi connectivity index (χ3v) is 6.56. The van der Waals surface area contributed by atoms with Gasteiger partial charge in [-0.25, -0.2) is 0 Å². The summed E-state index contributed by atoms with van der Waals surface area (Å²) in [4.78, 5) is 34.0. The second-order valence-corrected chi connectivity index (χ2v) is 9.11. The molecule has 0 fully saturated rings. The van der Waals surface area contributed by atoms with Crippen molar-refractivity contribution in [3.8, 4) is 0 Å². The molecule has 9 heteroatoms. The molecule has 0 aliphatic carbocycles. The summed E-state index contributed by atoms with van der Waals surface area (Å²) < 4.78 is 0. The maximum atomic E-state index is 13.8. The predicted molar refractivity (Wildman–Crippen MR) is 146 cm³/mol. The Balaban J connectivity index is 1.43. The normalized spacial score (nSPS) is 13.8. The summed E-state index contributed by atoms with van der Waals surface area (Å²) in [5, 5.41) is 6.30. The summed E-state index contributed by atoms with van der Waals surface area (Å²) in [6.07, 6.45) is 3.52. The minimum Gasteiger partial charge on any atom is -0.361 e. The number of amides is 2. The van der Waals surface area contributed by atoms with Gasteiger partial charge in [0, 0.05) is 56.0 Å². The lowest BCUT2D eigenvalue weighted by Crippen LogP contribution is -2.48. The topological polar surface area (TPSA) is 93.0 Å². The molecule has 176 valence electrons. The number of aromatic amines is 2. The molecule has 0 radical (unpaired) electrons. The molecule has 36 heavy (non-hydrogen) atoms. The molecule has 0 saturated carbocycles. The van der Waals surface area contributed by atoms with Crippen LogP contribution in [0.5, 0.6) is 0 Å². The molecular weight excluding hydrogens is 494 g/mol. The van der Waals surface area contributed by atoms with Gasteiger partial charge >= 0.3 is 0 Å². The van der Waals surface area contributed by atoms with Gasteiger partial charge in [0.1, 0.15) is 0 Å². The number of hydrazine groups is 1. The zero-order chi connectivity index (χ0) is 24.8. The monoisotopic (exact) mass is 511 g/mol. The third-order valence-electron chi connectivity index (χ3n) is 6.12. The number of thiocarbonyl (C=S) groups is 1. The van der Waals surface area contributed by atoms with Crippen LogP contribution >= 0.6 is 23.8 Å². The zero-order valence-electron chi connectivity index (χ0n) is 18.6. The number of halogens is 1. The highest BCUT2D eigenvalue weighted by Crippen LogP contribution is 2.40. The van der Waals surface area contributed by atoms with Crippen molar-refractivity contribution in [3.05, 3.63) is 101 Å². The third kappa shape index (κ3) is 3.64. The number of imide groups is 1. The summed E-state index contributed by atoms with van der Waals surface area (Å²) in [6.45, 7) is 0. The van der Waals surface area contributed by atoms with E-state index in [-0.39, 0.29) is 5.11 Å². The van der Waals surface area contributed by atoms with Crippen molar-refractivity contribution in [2.24, 2.45) is 0 Å². The standard InChI is InChI=1S/C27H18ClN5O2S/c28-15-9-11-16(12-10-15)31-27(36)32-33-25(34)23(19-13-29-21-7-3-1-5-17(19)21)24(26(33)35)20-14-30-22-8-4-2-6-18(20)22/h1-14,29-30H,(H2,31,32,36). The van der Waals surface area contributed by atoms with E-state index in [9.17, 15) is 9.59 Å². The SMILES string of the molecule is O=C1C(c2c[nH]c3ccccc23)=C(c2c[nH]c3ccccc23)C(=O)N1NC(=S)Nc1ccc(Cl)cc1. The smallest absolute Gasteiger partial charge is 0.281 e. The van der Waals surface area contributed by atoms with Gasteiger partial charge in [-0.3, -0.25) is 15.0 Å². The molecule has 5 aromatic rings. The first kappa shape index (κ1) is 22.1. The summed E-state index contributed by atoms with van der Waals surface area (Å²) in [5.41, 5.74) is 7.05. The Kier molecular flexibility index (Phi) is 5.32. The minimum absolute atomic E-state index is 0.0949. The Morgan fingerprint density at radius 3 is 1.78 bits per heavy atom. The van der Waals surface area contributed by atoms with Crippen LogP contribution < -0.4 is 10.7 Å². The fourth-order valence-electron chi connectivity index (χ4n) is 4.48. The van der Waals surface area contributed by atoms with Crippen molar-refractivity contribution in [1.29, 1.82) is 0 Å². The van der Waals surface area contributed by atoms with Crippen LogP contribution in [0.3, 0.4) is 0 Å². The van der Waals surface area contributed by atoms with E-state index in [2.05, 4.69) is 20.7 Å². The Bertz CT molecular complexity index is 1620. The molecule has 3 aromatic carbocycles. The number of H-pyrrole nitrogens is 2. The number of carbonyl (C=O) groups is 2. The number of para-hydroxylation sites is 2. The lowest BCUT2D eigenvalue weighted by molar-refractivity contribution is -0.138. The van der Waals surface area contributed by atoms with Crippen LogP contribution in [0.25, 0.3) is 33.0 Å². The molecule has 0 unspecified atom stereocenters. The van der Waals surface area contributed by atoms with Gasteiger partial charge < -0.3 is 15.3 Å². The van der Waals surface area contributed by atoms with Crippen molar-refractivity contribution in [2.45, 2.75) is 0 Å². The molecule has 2 amide bonds. The number of nitrogens with zero attached hydrogens (tertiary/aromatic N) is 1. The van der Waals surface area contributed by atoms with E-state index >= 15 is 0 Å². The second kappa shape index (κ2) is 8.67. The molecule has 1 aliphatic rings. The average Bonchev–Trinajstić information content (AvgIpc) is 3.56. The number of benzene rings is 3. The number of aromatic nitrogens is 2. The van der Waals surface area contributed by atoms with E-state index in [1.165, 1.54) is 0 Å². The van der Waals surface area contributed by atoms with Crippen LogP contribution in [0, 0.1) is 0 Å². The van der Waals surface area contributed by atoms with Gasteiger partial charge in [0.15, 0.2) is 5.11 Å². The van der Waals surface area contributed by atoms with Crippen LogP contribution in [0.4, 0.5) is 5.69 Å². The number of rotatable bonds is 4. The van der Waals surface area contributed by atoms with E-state index in [1.54, 1.807) is 36.7 Å². The maximum absolute atomic E-state index is 13.8. The molecule has 3 heterocycles. The first-order valence-corrected chi connectivity index (χ1v) is 11.9. The fourth-order valence-corrected chi connectivity index (χ4v) is 4.82. The molecule has 0 atom stereocenters. The molecule has 2 aromatic heterocycles. The molecule has 4 N–H and O–H groups in total. The predicted octanol–water partition coefficient (Wildman–Crippen LogP) is 5.48. The lowest BCUT2D eigenvalue weighted by Gasteiger charge is -2.19. The number of fused-ring (bicyclic) bond motifs is 2. The number of anilines is 1. The molecule has 7 nitrogen and oxygen atoms in total. The fraction of sp³-hybridized carbons (Fsp3) is 0. The first-order valence-electron chi connectivity index (χ1n) is 11.1. The minimum atomic E-state index is -0.495. The van der Waals surface area contributed by atoms with Crippen molar-refractivity contribution in [1.82, 2.24) is 20.4 Å². The Morgan fingerprint density at radius 1 is 0.750 bits per heavy atom. The van der Waals surface area contributed by atoms with Gasteiger partial charge in [-0.1, -0.05) is 48.0 Å². The summed E-state index contributed by atoms with van der Waals surface area (Å²) in [6, 6.07) is 22.2. The highest BCUT2D eigenvalue weighted by atomic mass is 35.5. The summed E-state index contributed by atoms with van der Waals surface area (Å²) in [5.74, 6) is -0.990. The van der Waals surface area contributed by atoms with Crippen LogP contribution in [0.2, 0.25) is 5.02 Å². The lowest BCUT2D eigenvalue weighted by atomic mass is 9.95. The van der Waals surface area contributed by atoms with Crippen LogP contribution in [0.15, 0.2) is 85.2 Å². The number of hydrogen-bond donors (Lipinski definition) is 4. The zero-order valence-corrected chi connectivity index (χ0v) is 20.2. The van der Waals surface area contributed by atoms with Gasteiger partial charge in [-0.2, -0.15) is 5.01 Å². The van der Waals surface area contributed by atoms with Crippen LogP contribution in [-0.2, 0) is 9.59 Å². The first-order chi connectivity index (χ1) is 17.5. The molecular formula is C27H18ClN5O2S. The van der Waals surface area contributed by atoms with Gasteiger partial charge in [0.25, 0.3) is 11.8 Å². The quantitative estimate of drug-likeness (QED) is 0.189. The van der Waals surface area contributed by atoms with Crippen LogP contribution in [0.1, 0.15) is 11.1 Å². The molecule has 0 bridgehead atoms. The van der Waals surface area contributed by atoms with Crippen molar-refractivity contribution in [3.63, 3.8) is 0 Å². The van der Waals surface area contributed by atoms with E-state index in [0.717, 1.165) is 26.8 Å². The second-order valence-electron chi connectivity index (χ2n) is 8.26. The number of hydrogen-bond acceptors (Lipinski definition) is 3. The van der Waals surface area contributed by atoms with E-state index in [4.69, 9.17) is 23.8 Å². The van der Waals surface area contributed by atoms with Gasteiger partial charge in [-0.05, 0) is 48.6 Å². The van der Waals surface area contributed by atoms with E-state index < -0.39 is 11.8 Å². The Morgan fingerprint density at radius 2 is 1.25 bits per heavy atom. The summed E-state index contributed by atoms with van der Waals surface area (Å²) in [7, 11) is 0. The Hall–Kier alpha value is -4.40. The van der Waals surface area contributed by atoms with Gasteiger partial charge in [0.05, 0.1) is 11.1 Å². The van der Waals surface area contributed by atoms with E-state index in [1.807, 2.05) is 48.5 Å². The van der Waals surface area contributed by atoms with Crippen molar-refractivity contribution >= 4 is 79.4 Å². The highest BCUT2D eigenvalue weighted by Gasteiger charge is 2.42. The van der Waals surface area contributed by atoms with Crippen molar-refractivity contribution in [2.75, 3.05) is 5.32 Å². The highest BCUT2D eigenvalue weighted by molar-refractivity contribution is 7.80. The van der Waals surface area contributed by atoms with E-state index in [0.29, 0.717) is 33.0 Å². The molecule has 1 aliphatic heterocycles. The maximum Gasteiger partial charge on any atom is 0.281 e. The largest absolute Gasteiger partial charge is 0.361 e. The molecule has 6 rings (SSSR count). The van der Waals surface area contributed by atoms with Gasteiger partial charge in [-0.15, -0.1) is 0 Å². The average molecular weight is 512 g/mol. The Labute approximate surface area is 215 Å². The van der Waals surface area contributed by atoms with Crippen LogP contribution in [-0.4, -0.2) is 31.9 Å². The number of nitrogens with one attached hydrogen (secondary N) is 4. The van der Waals surface area contributed by atoms with Crippen molar-refractivity contribution < 1.29 is 9.59 Å². The molecule has 0 spiro atoms. The van der Waals surface area contributed by atoms with Gasteiger partial charge in [0.2, 0.25) is 0 Å².